The quantitative estimate of drug-likeness (QED) is 0.794. The summed E-state index contributed by atoms with van der Waals surface area (Å²) in [5.74, 6) is -0.853. The van der Waals surface area contributed by atoms with E-state index >= 15 is 0 Å². The van der Waals surface area contributed by atoms with Crippen molar-refractivity contribution < 1.29 is 31.4 Å². The fourth-order valence-corrected chi connectivity index (χ4v) is 3.58. The van der Waals surface area contributed by atoms with Crippen LogP contribution in [-0.2, 0) is 17.6 Å². The van der Waals surface area contributed by atoms with Crippen LogP contribution in [0.2, 0.25) is 0 Å². The Bertz CT molecular complexity index is 905. The monoisotopic (exact) mass is 395 g/mol. The lowest BCUT2D eigenvalue weighted by Gasteiger charge is -2.32. The number of nitrogens with zero attached hydrogens (tertiary/aromatic N) is 5. The van der Waals surface area contributed by atoms with Crippen molar-refractivity contribution in [1.82, 2.24) is 24.3 Å². The van der Waals surface area contributed by atoms with Gasteiger partial charge >= 0.3 is 12.4 Å². The van der Waals surface area contributed by atoms with Gasteiger partial charge in [-0.1, -0.05) is 0 Å². The fourth-order valence-electron chi connectivity index (χ4n) is 3.58. The third kappa shape index (κ3) is 2.28. The maximum absolute atomic E-state index is 13.5. The van der Waals surface area contributed by atoms with Crippen molar-refractivity contribution in [2.24, 2.45) is 0 Å². The predicted molar refractivity (Wildman–Crippen MR) is 78.5 cm³/mol. The Morgan fingerprint density at radius 2 is 1.78 bits per heavy atom. The molecule has 1 saturated carbocycles. The van der Waals surface area contributed by atoms with Gasteiger partial charge in [0.1, 0.15) is 16.9 Å². The number of aromatic nitrogens is 5. The summed E-state index contributed by atoms with van der Waals surface area (Å²) < 4.78 is 82.5. The zero-order valence-corrected chi connectivity index (χ0v) is 14.2. The molecule has 148 valence electrons. The van der Waals surface area contributed by atoms with Gasteiger partial charge in [0.2, 0.25) is 5.60 Å². The summed E-state index contributed by atoms with van der Waals surface area (Å²) in [5.41, 5.74) is -5.18. The molecular weight excluding hydrogens is 380 g/mol. The maximum atomic E-state index is 13.5. The van der Waals surface area contributed by atoms with E-state index in [0.717, 1.165) is 10.8 Å². The zero-order valence-electron chi connectivity index (χ0n) is 14.2. The van der Waals surface area contributed by atoms with Crippen molar-refractivity contribution >= 4 is 0 Å². The van der Waals surface area contributed by atoms with Crippen molar-refractivity contribution in [2.75, 3.05) is 0 Å². The summed E-state index contributed by atoms with van der Waals surface area (Å²) in [6.45, 7) is 2.07. The summed E-state index contributed by atoms with van der Waals surface area (Å²) in [6, 6.07) is -0.683. The van der Waals surface area contributed by atoms with Gasteiger partial charge in [0.15, 0.2) is 11.6 Å². The van der Waals surface area contributed by atoms with Gasteiger partial charge in [-0.2, -0.15) is 26.3 Å². The highest BCUT2D eigenvalue weighted by Crippen LogP contribution is 2.59. The van der Waals surface area contributed by atoms with E-state index in [0.29, 0.717) is 6.92 Å². The highest BCUT2D eigenvalue weighted by Gasteiger charge is 2.67. The van der Waals surface area contributed by atoms with E-state index in [1.54, 1.807) is 6.92 Å². The van der Waals surface area contributed by atoms with Crippen LogP contribution >= 0.6 is 0 Å². The number of rotatable bonds is 2. The molecule has 0 radical (unpaired) electrons. The molecule has 12 heteroatoms. The first kappa shape index (κ1) is 18.3. The van der Waals surface area contributed by atoms with Crippen LogP contribution in [0.4, 0.5) is 26.3 Å². The van der Waals surface area contributed by atoms with Gasteiger partial charge in [0.25, 0.3) is 0 Å². The average molecular weight is 395 g/mol. The molecule has 3 heterocycles. The van der Waals surface area contributed by atoms with Crippen LogP contribution < -0.4 is 0 Å². The third-order valence-electron chi connectivity index (χ3n) is 5.37. The summed E-state index contributed by atoms with van der Waals surface area (Å²) in [5, 5.41) is 17.5. The van der Waals surface area contributed by atoms with Gasteiger partial charge < -0.3 is 14.2 Å². The van der Waals surface area contributed by atoms with Crippen molar-refractivity contribution in [3.63, 3.8) is 0 Å². The first-order valence-corrected chi connectivity index (χ1v) is 8.19. The Labute approximate surface area is 148 Å². The van der Waals surface area contributed by atoms with E-state index < -0.39 is 35.2 Å². The van der Waals surface area contributed by atoms with Crippen LogP contribution in [0.1, 0.15) is 44.4 Å². The Kier molecular flexibility index (Phi) is 3.40. The van der Waals surface area contributed by atoms with Crippen molar-refractivity contribution in [1.29, 1.82) is 0 Å². The molecule has 0 unspecified atom stereocenters. The standard InChI is InChI=1S/C15H15F6N5O/c1-7-6-25-9(23-24-11(25)13(3-4-13)15(19,20)21)8-5-22-10(26(7)8)12(2,27)14(16,17)18/h5,7,27H,3-4,6H2,1-2H3/t7-,12+/m0/s1. The van der Waals surface area contributed by atoms with Gasteiger partial charge in [-0.05, 0) is 26.7 Å². The first-order valence-electron chi connectivity index (χ1n) is 8.19. The molecule has 0 bridgehead atoms. The number of hydrogen-bond acceptors (Lipinski definition) is 4. The fraction of sp³-hybridized carbons (Fsp3) is 0.667. The van der Waals surface area contributed by atoms with Crippen LogP contribution in [0.15, 0.2) is 6.20 Å². The van der Waals surface area contributed by atoms with Gasteiger partial charge in [-0.25, -0.2) is 4.98 Å². The molecule has 0 amide bonds. The number of aliphatic hydroxyl groups is 1. The molecular formula is C15H15F6N5O. The largest absolute Gasteiger partial charge is 0.424 e. The lowest BCUT2D eigenvalue weighted by molar-refractivity contribution is -0.262. The molecule has 1 N–H and O–H groups in total. The highest BCUT2D eigenvalue weighted by atomic mass is 19.4. The highest BCUT2D eigenvalue weighted by molar-refractivity contribution is 5.53. The summed E-state index contributed by atoms with van der Waals surface area (Å²) >= 11 is 0. The second-order valence-corrected chi connectivity index (χ2v) is 7.29. The van der Waals surface area contributed by atoms with Crippen molar-refractivity contribution in [2.45, 2.75) is 62.6 Å². The molecule has 2 aromatic heterocycles. The predicted octanol–water partition coefficient (Wildman–Crippen LogP) is 3.08. The molecule has 27 heavy (non-hydrogen) atoms. The van der Waals surface area contributed by atoms with Crippen LogP contribution in [0.3, 0.4) is 0 Å². The van der Waals surface area contributed by atoms with Crippen LogP contribution in [0.5, 0.6) is 0 Å². The topological polar surface area (TPSA) is 68.8 Å². The van der Waals surface area contributed by atoms with E-state index in [2.05, 4.69) is 15.2 Å². The van der Waals surface area contributed by atoms with E-state index in [1.807, 2.05) is 0 Å². The number of hydrogen-bond donors (Lipinski definition) is 1. The minimum atomic E-state index is -4.97. The average Bonchev–Trinajstić information content (AvgIpc) is 3.03. The molecule has 4 rings (SSSR count). The Balaban J connectivity index is 1.85. The van der Waals surface area contributed by atoms with Gasteiger partial charge in [-0.15, -0.1) is 10.2 Å². The first-order chi connectivity index (χ1) is 12.3. The molecule has 1 aliphatic heterocycles. The normalized spacial score (nSPS) is 23.5. The number of fused-ring (bicyclic) bond motifs is 3. The molecule has 1 aliphatic carbocycles. The summed E-state index contributed by atoms with van der Waals surface area (Å²) in [4.78, 5) is 3.71. The van der Waals surface area contributed by atoms with E-state index in [-0.39, 0.29) is 36.7 Å². The Hall–Kier alpha value is -2.11. The van der Waals surface area contributed by atoms with Crippen LogP contribution in [0.25, 0.3) is 11.5 Å². The molecule has 0 spiro atoms. The molecule has 2 atom stereocenters. The molecule has 6 nitrogen and oxygen atoms in total. The van der Waals surface area contributed by atoms with Gasteiger partial charge in [0, 0.05) is 6.54 Å². The van der Waals surface area contributed by atoms with E-state index in [1.165, 1.54) is 4.57 Å². The van der Waals surface area contributed by atoms with Crippen molar-refractivity contribution in [3.05, 3.63) is 17.8 Å². The molecule has 2 aliphatic rings. The number of halogens is 6. The summed E-state index contributed by atoms with van der Waals surface area (Å²) in [6.07, 6.45) is -8.59. The smallest absolute Gasteiger partial charge is 0.374 e. The Morgan fingerprint density at radius 3 is 2.30 bits per heavy atom. The minimum absolute atomic E-state index is 0.00958. The second kappa shape index (κ2) is 5.03. The maximum Gasteiger partial charge on any atom is 0.424 e. The minimum Gasteiger partial charge on any atom is -0.374 e. The Morgan fingerprint density at radius 1 is 1.15 bits per heavy atom. The second-order valence-electron chi connectivity index (χ2n) is 7.29. The zero-order chi connectivity index (χ0) is 20.0. The molecule has 2 aromatic rings. The van der Waals surface area contributed by atoms with Gasteiger partial charge in [0.05, 0.1) is 12.2 Å². The summed E-state index contributed by atoms with van der Waals surface area (Å²) in [7, 11) is 0. The van der Waals surface area contributed by atoms with Crippen LogP contribution in [0, 0.1) is 0 Å². The third-order valence-corrected chi connectivity index (χ3v) is 5.37. The van der Waals surface area contributed by atoms with E-state index in [4.69, 9.17) is 0 Å². The van der Waals surface area contributed by atoms with Crippen LogP contribution in [-0.4, -0.2) is 41.8 Å². The lowest BCUT2D eigenvalue weighted by atomic mass is 10.0. The van der Waals surface area contributed by atoms with Crippen molar-refractivity contribution in [3.8, 4) is 11.5 Å². The van der Waals surface area contributed by atoms with E-state index in [9.17, 15) is 31.4 Å². The molecule has 0 aromatic carbocycles. The van der Waals surface area contributed by atoms with Gasteiger partial charge in [-0.3, -0.25) is 0 Å². The molecule has 1 fully saturated rings. The lowest BCUT2D eigenvalue weighted by Crippen LogP contribution is -2.43. The number of imidazole rings is 1. The SMILES string of the molecule is C[C@H]1Cn2c(nnc2C2(C(F)(F)F)CC2)-c2cnc([C@@](C)(O)C(F)(F)F)n21. The molecule has 0 saturated heterocycles. The number of alkyl halides is 6.